The molecule has 0 saturated carbocycles. The number of aromatic nitrogens is 4. The Hall–Kier alpha value is -1.44. The highest BCUT2D eigenvalue weighted by Gasteiger charge is 2.34. The molecular weight excluding hydrogens is 313 g/mol. The summed E-state index contributed by atoms with van der Waals surface area (Å²) in [4.78, 5) is 11.5. The highest BCUT2D eigenvalue weighted by Crippen LogP contribution is 2.30. The molecule has 4 nitrogen and oxygen atoms in total. The van der Waals surface area contributed by atoms with Crippen molar-refractivity contribution in [1.82, 2.24) is 19.5 Å². The van der Waals surface area contributed by atoms with E-state index in [2.05, 4.69) is 30.9 Å². The average molecular weight is 321 g/mol. The van der Waals surface area contributed by atoms with E-state index < -0.39 is 11.9 Å². The van der Waals surface area contributed by atoms with Crippen molar-refractivity contribution in [3.05, 3.63) is 30.1 Å². The fraction of sp³-hybridized carbons (Fsp3) is 0.300. The van der Waals surface area contributed by atoms with Gasteiger partial charge in [-0.1, -0.05) is 15.9 Å². The van der Waals surface area contributed by atoms with Crippen LogP contribution in [0.2, 0.25) is 0 Å². The van der Waals surface area contributed by atoms with Crippen LogP contribution in [0, 0.1) is 0 Å². The summed E-state index contributed by atoms with van der Waals surface area (Å²) in [6.45, 7) is 0. The largest absolute Gasteiger partial charge is 0.434 e. The van der Waals surface area contributed by atoms with E-state index in [1.807, 2.05) is 0 Å². The first-order chi connectivity index (χ1) is 8.41. The topological polar surface area (TPSA) is 43.6 Å². The molecule has 8 heteroatoms. The van der Waals surface area contributed by atoms with E-state index in [0.29, 0.717) is 16.7 Å². The van der Waals surface area contributed by atoms with Gasteiger partial charge in [-0.05, 0) is 0 Å². The Bertz CT molecular complexity index is 547. The minimum absolute atomic E-state index is 0.184. The Morgan fingerprint density at radius 3 is 2.33 bits per heavy atom. The molecule has 0 unspecified atom stereocenters. The monoisotopic (exact) mass is 320 g/mol. The molecule has 0 aliphatic carbocycles. The SMILES string of the molecule is Cn1cc(C(F)(F)F)nc1-c1cnc(CBr)nc1. The molecule has 96 valence electrons. The summed E-state index contributed by atoms with van der Waals surface area (Å²) in [5.41, 5.74) is -0.484. The highest BCUT2D eigenvalue weighted by molar-refractivity contribution is 9.08. The van der Waals surface area contributed by atoms with E-state index in [4.69, 9.17) is 0 Å². The fourth-order valence-electron chi connectivity index (χ4n) is 1.41. The zero-order valence-corrected chi connectivity index (χ0v) is 10.8. The molecule has 2 aromatic rings. The summed E-state index contributed by atoms with van der Waals surface area (Å²) < 4.78 is 38.8. The number of alkyl halides is 4. The van der Waals surface area contributed by atoms with Crippen LogP contribution in [-0.2, 0) is 18.6 Å². The van der Waals surface area contributed by atoms with E-state index >= 15 is 0 Å². The lowest BCUT2D eigenvalue weighted by Gasteiger charge is -2.01. The Morgan fingerprint density at radius 2 is 1.89 bits per heavy atom. The lowest BCUT2D eigenvalue weighted by molar-refractivity contribution is -0.140. The van der Waals surface area contributed by atoms with Gasteiger partial charge in [0.25, 0.3) is 0 Å². The van der Waals surface area contributed by atoms with Crippen molar-refractivity contribution in [2.24, 2.45) is 7.05 Å². The maximum Gasteiger partial charge on any atom is 0.434 e. The molecule has 0 aliphatic heterocycles. The van der Waals surface area contributed by atoms with Crippen molar-refractivity contribution in [3.63, 3.8) is 0 Å². The maximum atomic E-state index is 12.5. The summed E-state index contributed by atoms with van der Waals surface area (Å²) in [7, 11) is 1.50. The van der Waals surface area contributed by atoms with Gasteiger partial charge in [-0.15, -0.1) is 0 Å². The lowest BCUT2D eigenvalue weighted by atomic mass is 10.3. The van der Waals surface area contributed by atoms with Crippen molar-refractivity contribution in [2.75, 3.05) is 0 Å². The van der Waals surface area contributed by atoms with Crippen LogP contribution in [0.4, 0.5) is 13.2 Å². The standard InChI is InChI=1S/C10H8BrF3N4/c1-18-5-7(10(12,13)14)17-9(18)6-3-15-8(2-11)16-4-6/h3-5H,2H2,1H3. The van der Waals surface area contributed by atoms with Gasteiger partial charge in [0.15, 0.2) is 5.69 Å². The van der Waals surface area contributed by atoms with Gasteiger partial charge in [-0.25, -0.2) is 15.0 Å². The molecule has 0 amide bonds. The van der Waals surface area contributed by atoms with Gasteiger partial charge in [-0.3, -0.25) is 0 Å². The zero-order chi connectivity index (χ0) is 13.3. The molecule has 18 heavy (non-hydrogen) atoms. The molecule has 0 aliphatic rings. The van der Waals surface area contributed by atoms with Crippen LogP contribution in [0.5, 0.6) is 0 Å². The second-order valence-electron chi connectivity index (χ2n) is 3.58. The van der Waals surface area contributed by atoms with E-state index in [1.54, 1.807) is 0 Å². The molecule has 0 fully saturated rings. The zero-order valence-electron chi connectivity index (χ0n) is 9.24. The molecule has 0 aromatic carbocycles. The number of aryl methyl sites for hydroxylation is 1. The van der Waals surface area contributed by atoms with Crippen molar-refractivity contribution in [3.8, 4) is 11.4 Å². The Morgan fingerprint density at radius 1 is 1.28 bits per heavy atom. The molecule has 0 saturated heterocycles. The molecular formula is C10H8BrF3N4. The van der Waals surface area contributed by atoms with Gasteiger partial charge in [0, 0.05) is 25.6 Å². The van der Waals surface area contributed by atoms with Crippen LogP contribution in [0.3, 0.4) is 0 Å². The molecule has 0 atom stereocenters. The third kappa shape index (κ3) is 2.53. The average Bonchev–Trinajstić information content (AvgIpc) is 2.71. The van der Waals surface area contributed by atoms with E-state index in [0.717, 1.165) is 6.20 Å². The molecule has 2 heterocycles. The van der Waals surface area contributed by atoms with Crippen molar-refractivity contribution in [2.45, 2.75) is 11.5 Å². The molecule has 2 aromatic heterocycles. The summed E-state index contributed by atoms with van der Waals surface area (Å²) in [6, 6.07) is 0. The third-order valence-corrected chi connectivity index (χ3v) is 2.75. The number of hydrogen-bond acceptors (Lipinski definition) is 3. The summed E-state index contributed by atoms with van der Waals surface area (Å²) in [5.74, 6) is 0.743. The van der Waals surface area contributed by atoms with Gasteiger partial charge >= 0.3 is 6.18 Å². The van der Waals surface area contributed by atoms with Crippen LogP contribution in [0.1, 0.15) is 11.5 Å². The van der Waals surface area contributed by atoms with Crippen LogP contribution in [-0.4, -0.2) is 19.5 Å². The summed E-state index contributed by atoms with van der Waals surface area (Å²) >= 11 is 3.19. The number of halogens is 4. The maximum absolute atomic E-state index is 12.5. The van der Waals surface area contributed by atoms with Crippen LogP contribution < -0.4 is 0 Å². The number of rotatable bonds is 2. The van der Waals surface area contributed by atoms with E-state index in [-0.39, 0.29) is 5.82 Å². The Balaban J connectivity index is 2.41. The number of hydrogen-bond donors (Lipinski definition) is 0. The van der Waals surface area contributed by atoms with Gasteiger partial charge in [-0.2, -0.15) is 13.2 Å². The first-order valence-corrected chi connectivity index (χ1v) is 6.02. The fourth-order valence-corrected chi connectivity index (χ4v) is 1.70. The van der Waals surface area contributed by atoms with E-state index in [9.17, 15) is 13.2 Å². The second-order valence-corrected chi connectivity index (χ2v) is 4.14. The molecule has 2 rings (SSSR count). The minimum Gasteiger partial charge on any atom is -0.333 e. The molecule has 0 bridgehead atoms. The first-order valence-electron chi connectivity index (χ1n) is 4.89. The summed E-state index contributed by atoms with van der Waals surface area (Å²) in [6.07, 6.45) is -0.613. The van der Waals surface area contributed by atoms with Gasteiger partial charge in [0.05, 0.1) is 10.9 Å². The smallest absolute Gasteiger partial charge is 0.333 e. The molecule has 0 N–H and O–H groups in total. The molecule has 0 spiro atoms. The van der Waals surface area contributed by atoms with Gasteiger partial charge in [0.2, 0.25) is 0 Å². The van der Waals surface area contributed by atoms with Gasteiger partial charge < -0.3 is 4.57 Å². The summed E-state index contributed by atoms with van der Waals surface area (Å²) in [5, 5.41) is 0.488. The number of imidazole rings is 1. The minimum atomic E-state index is -4.45. The van der Waals surface area contributed by atoms with Crippen molar-refractivity contribution in [1.29, 1.82) is 0 Å². The predicted molar refractivity (Wildman–Crippen MR) is 61.9 cm³/mol. The normalized spacial score (nSPS) is 11.8. The van der Waals surface area contributed by atoms with Crippen molar-refractivity contribution >= 4 is 15.9 Å². The predicted octanol–water partition coefficient (Wildman–Crippen LogP) is 2.79. The van der Waals surface area contributed by atoms with Crippen LogP contribution in [0.25, 0.3) is 11.4 Å². The highest BCUT2D eigenvalue weighted by atomic mass is 79.9. The van der Waals surface area contributed by atoms with Crippen molar-refractivity contribution < 1.29 is 13.2 Å². The Labute approximate surface area is 109 Å². The number of nitrogens with zero attached hydrogens (tertiary/aromatic N) is 4. The second kappa shape index (κ2) is 4.68. The van der Waals surface area contributed by atoms with Crippen LogP contribution >= 0.6 is 15.9 Å². The first kappa shape index (κ1) is 13.0. The quantitative estimate of drug-likeness (QED) is 0.799. The Kier molecular flexibility index (Phi) is 3.38. The molecule has 0 radical (unpaired) electrons. The lowest BCUT2D eigenvalue weighted by Crippen LogP contribution is -2.04. The van der Waals surface area contributed by atoms with Gasteiger partial charge in [0.1, 0.15) is 11.6 Å². The third-order valence-electron chi connectivity index (χ3n) is 2.25. The van der Waals surface area contributed by atoms with E-state index in [1.165, 1.54) is 24.0 Å². The van der Waals surface area contributed by atoms with Crippen LogP contribution in [0.15, 0.2) is 18.6 Å².